The highest BCUT2D eigenvalue weighted by Crippen LogP contribution is 2.05. The standard InChI is InChI=1S/C11H13ClN6O3/c12-9-7-14-17(8-9)6-3-13-11(19)2-5-16-4-1-10(15-16)18(20)21/h1,4,7-8H,2-3,5-6H2,(H,13,19). The van der Waals surface area contributed by atoms with Crippen LogP contribution in [0.25, 0.3) is 0 Å². The van der Waals surface area contributed by atoms with Crippen LogP contribution >= 0.6 is 11.6 Å². The highest BCUT2D eigenvalue weighted by atomic mass is 35.5. The number of rotatable bonds is 7. The van der Waals surface area contributed by atoms with Crippen molar-refractivity contribution < 1.29 is 9.72 Å². The van der Waals surface area contributed by atoms with E-state index in [4.69, 9.17) is 11.6 Å². The van der Waals surface area contributed by atoms with Gasteiger partial charge < -0.3 is 15.4 Å². The van der Waals surface area contributed by atoms with E-state index in [1.807, 2.05) is 0 Å². The van der Waals surface area contributed by atoms with E-state index in [9.17, 15) is 14.9 Å². The van der Waals surface area contributed by atoms with Crippen molar-refractivity contribution in [2.24, 2.45) is 0 Å². The number of nitrogens with zero attached hydrogens (tertiary/aromatic N) is 5. The lowest BCUT2D eigenvalue weighted by atomic mass is 10.4. The van der Waals surface area contributed by atoms with Gasteiger partial charge in [0.25, 0.3) is 0 Å². The number of carbonyl (C=O) groups excluding carboxylic acids is 1. The number of nitro groups is 1. The highest BCUT2D eigenvalue weighted by Gasteiger charge is 2.11. The maximum absolute atomic E-state index is 11.6. The third-order valence-electron chi connectivity index (χ3n) is 2.65. The summed E-state index contributed by atoms with van der Waals surface area (Å²) in [5.74, 6) is -0.391. The molecule has 0 radical (unpaired) electrons. The van der Waals surface area contributed by atoms with Gasteiger partial charge >= 0.3 is 5.82 Å². The second kappa shape index (κ2) is 6.84. The molecule has 0 saturated heterocycles. The minimum atomic E-state index is -0.578. The Kier molecular flexibility index (Phi) is 4.88. The number of aryl methyl sites for hydroxylation is 1. The molecule has 0 aliphatic carbocycles. The quantitative estimate of drug-likeness (QED) is 0.602. The molecule has 1 amide bonds. The normalized spacial score (nSPS) is 10.5. The van der Waals surface area contributed by atoms with Crippen LogP contribution < -0.4 is 5.32 Å². The average Bonchev–Trinajstić information content (AvgIpc) is 3.05. The predicted molar refractivity (Wildman–Crippen MR) is 73.7 cm³/mol. The van der Waals surface area contributed by atoms with Gasteiger partial charge in [0, 0.05) is 19.2 Å². The number of halogens is 1. The summed E-state index contributed by atoms with van der Waals surface area (Å²) >= 11 is 5.72. The monoisotopic (exact) mass is 312 g/mol. The van der Waals surface area contributed by atoms with E-state index in [1.165, 1.54) is 23.1 Å². The molecule has 2 aromatic heterocycles. The molecule has 2 aromatic rings. The number of hydrogen-bond donors (Lipinski definition) is 1. The highest BCUT2D eigenvalue weighted by molar-refractivity contribution is 6.30. The molecule has 21 heavy (non-hydrogen) atoms. The molecule has 0 fully saturated rings. The first-order valence-electron chi connectivity index (χ1n) is 6.17. The molecule has 2 rings (SSSR count). The summed E-state index contributed by atoms with van der Waals surface area (Å²) in [6.07, 6.45) is 4.85. The first kappa shape index (κ1) is 15.0. The maximum Gasteiger partial charge on any atom is 0.389 e. The van der Waals surface area contributed by atoms with E-state index in [-0.39, 0.29) is 24.7 Å². The third-order valence-corrected chi connectivity index (χ3v) is 2.84. The van der Waals surface area contributed by atoms with Crippen LogP contribution in [0, 0.1) is 10.1 Å². The van der Waals surface area contributed by atoms with E-state index < -0.39 is 4.92 Å². The van der Waals surface area contributed by atoms with Crippen molar-refractivity contribution in [2.45, 2.75) is 19.5 Å². The molecule has 9 nitrogen and oxygen atoms in total. The van der Waals surface area contributed by atoms with E-state index in [2.05, 4.69) is 15.5 Å². The summed E-state index contributed by atoms with van der Waals surface area (Å²) in [4.78, 5) is 21.5. The lowest BCUT2D eigenvalue weighted by molar-refractivity contribution is -0.389. The van der Waals surface area contributed by atoms with E-state index >= 15 is 0 Å². The topological polar surface area (TPSA) is 108 Å². The van der Waals surface area contributed by atoms with Crippen LogP contribution in [-0.2, 0) is 17.9 Å². The van der Waals surface area contributed by atoms with Gasteiger partial charge in [-0.1, -0.05) is 11.6 Å². The fraction of sp³-hybridized carbons (Fsp3) is 0.364. The molecule has 0 spiro atoms. The molecule has 0 aromatic carbocycles. The summed E-state index contributed by atoms with van der Waals surface area (Å²) in [5, 5.41) is 21.4. The number of hydrogen-bond acceptors (Lipinski definition) is 5. The Bertz CT molecular complexity index is 637. The van der Waals surface area contributed by atoms with Gasteiger partial charge in [-0.2, -0.15) is 9.78 Å². The number of nitrogens with one attached hydrogen (secondary N) is 1. The summed E-state index contributed by atoms with van der Waals surface area (Å²) in [6, 6.07) is 1.29. The van der Waals surface area contributed by atoms with Gasteiger partial charge in [-0.3, -0.25) is 9.48 Å². The Morgan fingerprint density at radius 1 is 1.43 bits per heavy atom. The maximum atomic E-state index is 11.6. The van der Waals surface area contributed by atoms with Crippen molar-refractivity contribution in [3.05, 3.63) is 39.8 Å². The largest absolute Gasteiger partial charge is 0.389 e. The van der Waals surface area contributed by atoms with Crippen molar-refractivity contribution in [3.8, 4) is 0 Å². The van der Waals surface area contributed by atoms with Crippen molar-refractivity contribution in [3.63, 3.8) is 0 Å². The van der Waals surface area contributed by atoms with E-state index in [1.54, 1.807) is 10.9 Å². The van der Waals surface area contributed by atoms with Gasteiger partial charge in [0.15, 0.2) is 0 Å². The van der Waals surface area contributed by atoms with Gasteiger partial charge in [-0.15, -0.1) is 0 Å². The molecule has 0 atom stereocenters. The smallest absolute Gasteiger partial charge is 0.358 e. The van der Waals surface area contributed by atoms with Crippen molar-refractivity contribution in [1.82, 2.24) is 24.9 Å². The third kappa shape index (κ3) is 4.56. The average molecular weight is 313 g/mol. The SMILES string of the molecule is O=C(CCn1ccc([N+](=O)[O-])n1)NCCn1cc(Cl)cn1. The molecular weight excluding hydrogens is 300 g/mol. The van der Waals surface area contributed by atoms with Gasteiger partial charge in [-0.05, 0) is 4.92 Å². The second-order valence-electron chi connectivity index (χ2n) is 4.22. The lowest BCUT2D eigenvalue weighted by Gasteiger charge is -2.04. The van der Waals surface area contributed by atoms with Crippen LogP contribution in [0.1, 0.15) is 6.42 Å². The molecule has 10 heteroatoms. The van der Waals surface area contributed by atoms with Crippen molar-refractivity contribution in [2.75, 3.05) is 6.54 Å². The van der Waals surface area contributed by atoms with Crippen LogP contribution in [0.3, 0.4) is 0 Å². The molecule has 0 aliphatic heterocycles. The molecule has 2 heterocycles. The van der Waals surface area contributed by atoms with Crippen LogP contribution in [-0.4, -0.2) is 36.9 Å². The van der Waals surface area contributed by atoms with Gasteiger partial charge in [0.1, 0.15) is 0 Å². The molecule has 0 bridgehead atoms. The molecule has 0 unspecified atom stereocenters. The van der Waals surface area contributed by atoms with Crippen LogP contribution in [0.4, 0.5) is 5.82 Å². The first-order chi connectivity index (χ1) is 10.0. The molecule has 0 saturated carbocycles. The molecular formula is C11H13ClN6O3. The van der Waals surface area contributed by atoms with Crippen molar-refractivity contribution in [1.29, 1.82) is 0 Å². The second-order valence-corrected chi connectivity index (χ2v) is 4.65. The van der Waals surface area contributed by atoms with Crippen LogP contribution in [0.2, 0.25) is 5.02 Å². The fourth-order valence-corrected chi connectivity index (χ4v) is 1.80. The zero-order valence-corrected chi connectivity index (χ0v) is 11.7. The van der Waals surface area contributed by atoms with Crippen LogP contribution in [0.15, 0.2) is 24.7 Å². The molecule has 112 valence electrons. The summed E-state index contributed by atoms with van der Waals surface area (Å²) < 4.78 is 2.99. The van der Waals surface area contributed by atoms with Gasteiger partial charge in [0.2, 0.25) is 5.91 Å². The van der Waals surface area contributed by atoms with Crippen LogP contribution in [0.5, 0.6) is 0 Å². The minimum Gasteiger partial charge on any atom is -0.358 e. The molecule has 0 aliphatic rings. The number of carbonyl (C=O) groups is 1. The van der Waals surface area contributed by atoms with E-state index in [0.717, 1.165) is 0 Å². The lowest BCUT2D eigenvalue weighted by Crippen LogP contribution is -2.28. The molecule has 1 N–H and O–H groups in total. The number of aromatic nitrogens is 4. The Morgan fingerprint density at radius 3 is 2.86 bits per heavy atom. The Balaban J connectivity index is 1.68. The summed E-state index contributed by atoms with van der Waals surface area (Å²) in [5.41, 5.74) is 0. The van der Waals surface area contributed by atoms with Crippen molar-refractivity contribution >= 4 is 23.3 Å². The fourth-order valence-electron chi connectivity index (χ4n) is 1.65. The van der Waals surface area contributed by atoms with E-state index in [0.29, 0.717) is 18.1 Å². The van der Waals surface area contributed by atoms with Gasteiger partial charge in [-0.25, -0.2) is 0 Å². The summed E-state index contributed by atoms with van der Waals surface area (Å²) in [6.45, 7) is 1.23. The minimum absolute atomic E-state index is 0.161. The predicted octanol–water partition coefficient (Wildman–Crippen LogP) is 0.848. The van der Waals surface area contributed by atoms with Gasteiger partial charge in [0.05, 0.1) is 41.7 Å². The Labute approximate surface area is 124 Å². The Hall–Kier alpha value is -2.42. The summed E-state index contributed by atoms with van der Waals surface area (Å²) in [7, 11) is 0. The number of amides is 1. The zero-order chi connectivity index (χ0) is 15.2. The Morgan fingerprint density at radius 2 is 2.24 bits per heavy atom. The zero-order valence-electron chi connectivity index (χ0n) is 11.0. The first-order valence-corrected chi connectivity index (χ1v) is 6.55.